The topological polar surface area (TPSA) is 44.7 Å². The minimum atomic E-state index is -0.400. The molecule has 0 aromatic carbocycles. The van der Waals surface area contributed by atoms with Crippen molar-refractivity contribution in [2.45, 2.75) is 78.5 Å². The SMILES string of the molecule is CCCCCCOCC(O)CNCCN(C(C)C)C(C)C. The quantitative estimate of drug-likeness (QED) is 0.484. The summed E-state index contributed by atoms with van der Waals surface area (Å²) in [5.41, 5.74) is 0. The van der Waals surface area contributed by atoms with E-state index in [2.05, 4.69) is 44.8 Å². The van der Waals surface area contributed by atoms with Gasteiger partial charge in [0.25, 0.3) is 0 Å². The molecule has 4 nitrogen and oxygen atoms in total. The van der Waals surface area contributed by atoms with Crippen LogP contribution in [0.5, 0.6) is 0 Å². The molecular formula is C17H38N2O2. The lowest BCUT2D eigenvalue weighted by molar-refractivity contribution is 0.0350. The summed E-state index contributed by atoms with van der Waals surface area (Å²) in [5.74, 6) is 0. The molecule has 0 aromatic heterocycles. The molecular weight excluding hydrogens is 264 g/mol. The molecule has 21 heavy (non-hydrogen) atoms. The van der Waals surface area contributed by atoms with E-state index in [1.54, 1.807) is 0 Å². The van der Waals surface area contributed by atoms with Gasteiger partial charge < -0.3 is 15.2 Å². The summed E-state index contributed by atoms with van der Waals surface area (Å²) in [6, 6.07) is 1.12. The van der Waals surface area contributed by atoms with Gasteiger partial charge in [0.2, 0.25) is 0 Å². The molecule has 0 aliphatic heterocycles. The number of hydrogen-bond acceptors (Lipinski definition) is 4. The van der Waals surface area contributed by atoms with Crippen LogP contribution in [-0.4, -0.2) is 61.0 Å². The highest BCUT2D eigenvalue weighted by Gasteiger charge is 2.12. The van der Waals surface area contributed by atoms with Gasteiger partial charge >= 0.3 is 0 Å². The number of aliphatic hydroxyl groups excluding tert-OH is 1. The largest absolute Gasteiger partial charge is 0.389 e. The number of hydrogen-bond donors (Lipinski definition) is 2. The first-order chi connectivity index (χ1) is 9.99. The van der Waals surface area contributed by atoms with E-state index < -0.39 is 6.10 Å². The van der Waals surface area contributed by atoms with E-state index in [1.165, 1.54) is 19.3 Å². The minimum absolute atomic E-state index is 0.400. The van der Waals surface area contributed by atoms with Crippen LogP contribution < -0.4 is 5.32 Å². The van der Waals surface area contributed by atoms with Crippen molar-refractivity contribution < 1.29 is 9.84 Å². The molecule has 1 unspecified atom stereocenters. The Labute approximate surface area is 132 Å². The molecule has 0 aliphatic carbocycles. The monoisotopic (exact) mass is 302 g/mol. The van der Waals surface area contributed by atoms with Crippen molar-refractivity contribution in [3.63, 3.8) is 0 Å². The van der Waals surface area contributed by atoms with Crippen LogP contribution in [0.25, 0.3) is 0 Å². The first-order valence-electron chi connectivity index (χ1n) is 8.71. The predicted octanol–water partition coefficient (Wildman–Crippen LogP) is 2.65. The van der Waals surface area contributed by atoms with Gasteiger partial charge in [-0.05, 0) is 34.1 Å². The molecule has 0 aliphatic rings. The van der Waals surface area contributed by atoms with Gasteiger partial charge in [-0.1, -0.05) is 26.2 Å². The molecule has 0 saturated carbocycles. The highest BCUT2D eigenvalue weighted by molar-refractivity contribution is 4.69. The highest BCUT2D eigenvalue weighted by atomic mass is 16.5. The number of nitrogens with one attached hydrogen (secondary N) is 1. The Morgan fingerprint density at radius 3 is 2.29 bits per heavy atom. The van der Waals surface area contributed by atoms with Gasteiger partial charge in [-0.15, -0.1) is 0 Å². The number of ether oxygens (including phenoxy) is 1. The van der Waals surface area contributed by atoms with E-state index in [0.29, 0.717) is 25.2 Å². The third-order valence-corrected chi connectivity index (χ3v) is 3.71. The van der Waals surface area contributed by atoms with E-state index in [4.69, 9.17) is 4.74 Å². The van der Waals surface area contributed by atoms with Crippen LogP contribution in [0.3, 0.4) is 0 Å². The van der Waals surface area contributed by atoms with Crippen LogP contribution in [-0.2, 0) is 4.74 Å². The third-order valence-electron chi connectivity index (χ3n) is 3.71. The number of aliphatic hydroxyl groups is 1. The molecule has 0 rings (SSSR count). The molecule has 0 aromatic rings. The fraction of sp³-hybridized carbons (Fsp3) is 1.00. The Morgan fingerprint density at radius 1 is 1.05 bits per heavy atom. The zero-order valence-corrected chi connectivity index (χ0v) is 14.9. The van der Waals surface area contributed by atoms with Crippen molar-refractivity contribution in [1.82, 2.24) is 10.2 Å². The lowest BCUT2D eigenvalue weighted by atomic mass is 10.2. The number of rotatable bonds is 14. The maximum absolute atomic E-state index is 9.83. The molecule has 0 radical (unpaired) electrons. The molecule has 0 amide bonds. The van der Waals surface area contributed by atoms with Crippen LogP contribution in [0.1, 0.15) is 60.3 Å². The van der Waals surface area contributed by atoms with Gasteiger partial charge in [-0.2, -0.15) is 0 Å². The third kappa shape index (κ3) is 12.1. The Morgan fingerprint density at radius 2 is 1.71 bits per heavy atom. The summed E-state index contributed by atoms with van der Waals surface area (Å²) in [7, 11) is 0. The van der Waals surface area contributed by atoms with Crippen molar-refractivity contribution in [3.05, 3.63) is 0 Å². The van der Waals surface area contributed by atoms with Crippen LogP contribution in [0.15, 0.2) is 0 Å². The molecule has 4 heteroatoms. The minimum Gasteiger partial charge on any atom is -0.389 e. The number of unbranched alkanes of at least 4 members (excludes halogenated alkanes) is 3. The van der Waals surface area contributed by atoms with Crippen LogP contribution >= 0.6 is 0 Å². The summed E-state index contributed by atoms with van der Waals surface area (Å²) in [6.07, 6.45) is 4.45. The predicted molar refractivity (Wildman–Crippen MR) is 90.8 cm³/mol. The Hall–Kier alpha value is -0.160. The fourth-order valence-electron chi connectivity index (χ4n) is 2.50. The van der Waals surface area contributed by atoms with E-state index in [1.807, 2.05) is 0 Å². The van der Waals surface area contributed by atoms with Gasteiger partial charge in [0.1, 0.15) is 0 Å². The average molecular weight is 303 g/mol. The lowest BCUT2D eigenvalue weighted by Gasteiger charge is -2.30. The maximum Gasteiger partial charge on any atom is 0.0897 e. The second-order valence-electron chi connectivity index (χ2n) is 6.42. The van der Waals surface area contributed by atoms with Gasteiger partial charge in [0.15, 0.2) is 0 Å². The van der Waals surface area contributed by atoms with E-state index in [9.17, 15) is 5.11 Å². The van der Waals surface area contributed by atoms with Crippen molar-refractivity contribution in [1.29, 1.82) is 0 Å². The summed E-state index contributed by atoms with van der Waals surface area (Å²) in [4.78, 5) is 2.45. The molecule has 2 N–H and O–H groups in total. The number of nitrogens with zero attached hydrogens (tertiary/aromatic N) is 1. The van der Waals surface area contributed by atoms with Crippen molar-refractivity contribution in [2.75, 3.05) is 32.8 Å². The van der Waals surface area contributed by atoms with Gasteiger partial charge in [-0.3, -0.25) is 4.90 Å². The zero-order chi connectivity index (χ0) is 16.1. The standard InChI is InChI=1S/C17H38N2O2/c1-6-7-8-9-12-21-14-17(20)13-18-10-11-19(15(2)3)16(4)5/h15-18,20H,6-14H2,1-5H3. The van der Waals surface area contributed by atoms with Crippen molar-refractivity contribution in [3.8, 4) is 0 Å². The molecule has 0 fully saturated rings. The summed E-state index contributed by atoms with van der Waals surface area (Å²) in [6.45, 7) is 14.8. The van der Waals surface area contributed by atoms with Gasteiger partial charge in [0.05, 0.1) is 12.7 Å². The molecule has 128 valence electrons. The van der Waals surface area contributed by atoms with Crippen molar-refractivity contribution >= 4 is 0 Å². The first-order valence-corrected chi connectivity index (χ1v) is 8.71. The van der Waals surface area contributed by atoms with Gasteiger partial charge in [0, 0.05) is 38.3 Å². The van der Waals surface area contributed by atoms with Gasteiger partial charge in [-0.25, -0.2) is 0 Å². The van der Waals surface area contributed by atoms with E-state index in [0.717, 1.165) is 26.1 Å². The van der Waals surface area contributed by atoms with Crippen LogP contribution in [0, 0.1) is 0 Å². The average Bonchev–Trinajstić information content (AvgIpc) is 2.41. The Kier molecular flexibility index (Phi) is 13.4. The Bertz CT molecular complexity index is 215. The van der Waals surface area contributed by atoms with Crippen molar-refractivity contribution in [2.24, 2.45) is 0 Å². The van der Waals surface area contributed by atoms with E-state index >= 15 is 0 Å². The van der Waals surface area contributed by atoms with E-state index in [-0.39, 0.29) is 0 Å². The lowest BCUT2D eigenvalue weighted by Crippen LogP contribution is -2.42. The smallest absolute Gasteiger partial charge is 0.0897 e. The normalized spacial score (nSPS) is 13.6. The fourth-order valence-corrected chi connectivity index (χ4v) is 2.50. The molecule has 0 spiro atoms. The molecule has 0 heterocycles. The summed E-state index contributed by atoms with van der Waals surface area (Å²) < 4.78 is 5.50. The second kappa shape index (κ2) is 13.5. The Balaban J connectivity index is 3.50. The first kappa shape index (κ1) is 20.8. The maximum atomic E-state index is 9.83. The second-order valence-corrected chi connectivity index (χ2v) is 6.42. The van der Waals surface area contributed by atoms with Crippen LogP contribution in [0.4, 0.5) is 0 Å². The van der Waals surface area contributed by atoms with Crippen LogP contribution in [0.2, 0.25) is 0 Å². The molecule has 0 saturated heterocycles. The summed E-state index contributed by atoms with van der Waals surface area (Å²) >= 11 is 0. The zero-order valence-electron chi connectivity index (χ0n) is 14.9. The molecule has 0 bridgehead atoms. The molecule has 1 atom stereocenters. The highest BCUT2D eigenvalue weighted by Crippen LogP contribution is 2.03. The summed E-state index contributed by atoms with van der Waals surface area (Å²) in [5, 5.41) is 13.1.